The number of nitro groups is 1. The number of methoxy groups -OCH3 is 1. The van der Waals surface area contributed by atoms with Gasteiger partial charge in [-0.1, -0.05) is 23.9 Å². The lowest BCUT2D eigenvalue weighted by molar-refractivity contribution is -0.384. The van der Waals surface area contributed by atoms with E-state index < -0.39 is 0 Å². The van der Waals surface area contributed by atoms with E-state index in [0.717, 1.165) is 41.2 Å². The molecule has 0 radical (unpaired) electrons. The highest BCUT2D eigenvalue weighted by Crippen LogP contribution is 2.33. The Labute approximate surface area is 159 Å². The first kappa shape index (κ1) is 17.3. The van der Waals surface area contributed by atoms with Crippen LogP contribution in [0.15, 0.2) is 53.7 Å². The van der Waals surface area contributed by atoms with Crippen molar-refractivity contribution in [3.05, 3.63) is 64.2 Å². The highest BCUT2D eigenvalue weighted by Gasteiger charge is 2.26. The van der Waals surface area contributed by atoms with Crippen LogP contribution < -0.4 is 9.64 Å². The van der Waals surface area contributed by atoms with Crippen LogP contribution in [0.2, 0.25) is 0 Å². The van der Waals surface area contributed by atoms with Crippen LogP contribution in [0.25, 0.3) is 0 Å². The second-order valence-electron chi connectivity index (χ2n) is 6.00. The van der Waals surface area contributed by atoms with Crippen molar-refractivity contribution in [3.8, 4) is 5.75 Å². The third-order valence-corrected chi connectivity index (χ3v) is 5.40. The smallest absolute Gasteiger partial charge is 0.269 e. The normalized spacial score (nSPS) is 12.9. The molecule has 0 amide bonds. The molecule has 0 spiro atoms. The maximum absolute atomic E-state index is 10.9. The number of non-ortho nitro benzene ring substituents is 1. The second-order valence-corrected chi connectivity index (χ2v) is 6.94. The first-order valence-corrected chi connectivity index (χ1v) is 9.35. The Hall–Kier alpha value is -3.07. The number of nitrogens with zero attached hydrogens (tertiary/aromatic N) is 5. The number of nitro benzene ring substituents is 1. The molecule has 0 atom stereocenters. The molecular formula is C18H17N5O3S. The standard InChI is InChI=1S/C18H17N5O3S/c1-26-16-7-5-14(6-8-16)21-9-10-22-17(21)19-20-18(22)27-12-13-3-2-4-15(11-13)23(24)25/h2-8,11H,9-10,12H2,1H3. The highest BCUT2D eigenvalue weighted by molar-refractivity contribution is 7.98. The minimum absolute atomic E-state index is 0.102. The molecule has 1 aliphatic heterocycles. The fourth-order valence-corrected chi connectivity index (χ4v) is 3.90. The molecule has 9 heteroatoms. The molecule has 3 aromatic rings. The highest BCUT2D eigenvalue weighted by atomic mass is 32.2. The Morgan fingerprint density at radius 1 is 1.19 bits per heavy atom. The van der Waals surface area contributed by atoms with Crippen LogP contribution >= 0.6 is 11.8 Å². The van der Waals surface area contributed by atoms with Gasteiger partial charge in [0.1, 0.15) is 5.75 Å². The molecule has 8 nitrogen and oxygen atoms in total. The van der Waals surface area contributed by atoms with Gasteiger partial charge in [-0.25, -0.2) is 0 Å². The summed E-state index contributed by atoms with van der Waals surface area (Å²) in [6.07, 6.45) is 0. The summed E-state index contributed by atoms with van der Waals surface area (Å²) >= 11 is 1.53. The van der Waals surface area contributed by atoms with Gasteiger partial charge < -0.3 is 9.64 Å². The van der Waals surface area contributed by atoms with Gasteiger partial charge in [-0.05, 0) is 29.8 Å². The van der Waals surface area contributed by atoms with Crippen molar-refractivity contribution in [3.63, 3.8) is 0 Å². The molecule has 0 unspecified atom stereocenters. The molecule has 1 aromatic heterocycles. The Morgan fingerprint density at radius 2 is 2.00 bits per heavy atom. The SMILES string of the molecule is COc1ccc(N2CCn3c(SCc4cccc([N+](=O)[O-])c4)nnc32)cc1. The lowest BCUT2D eigenvalue weighted by Crippen LogP contribution is -2.14. The van der Waals surface area contributed by atoms with Gasteiger partial charge in [0.05, 0.1) is 12.0 Å². The number of hydrogen-bond donors (Lipinski definition) is 0. The van der Waals surface area contributed by atoms with Gasteiger partial charge in [0.15, 0.2) is 5.16 Å². The Kier molecular flexibility index (Phi) is 4.68. The van der Waals surface area contributed by atoms with Gasteiger partial charge in [0.25, 0.3) is 5.69 Å². The van der Waals surface area contributed by atoms with Crippen molar-refractivity contribution in [1.82, 2.24) is 14.8 Å². The third-order valence-electron chi connectivity index (χ3n) is 4.36. The molecule has 0 fully saturated rings. The predicted molar refractivity (Wildman–Crippen MR) is 103 cm³/mol. The molecule has 0 saturated heterocycles. The zero-order chi connectivity index (χ0) is 18.8. The van der Waals surface area contributed by atoms with Gasteiger partial charge in [0.2, 0.25) is 5.95 Å². The fraction of sp³-hybridized carbons (Fsp3) is 0.222. The monoisotopic (exact) mass is 383 g/mol. The number of fused-ring (bicyclic) bond motifs is 1. The Balaban J connectivity index is 1.49. The van der Waals surface area contributed by atoms with E-state index >= 15 is 0 Å². The van der Waals surface area contributed by atoms with Crippen molar-refractivity contribution in [1.29, 1.82) is 0 Å². The maximum Gasteiger partial charge on any atom is 0.269 e. The van der Waals surface area contributed by atoms with Crippen LogP contribution in [0.5, 0.6) is 5.75 Å². The van der Waals surface area contributed by atoms with Gasteiger partial charge in [0, 0.05) is 36.7 Å². The summed E-state index contributed by atoms with van der Waals surface area (Å²) in [6, 6.07) is 14.5. The molecule has 4 rings (SSSR count). The lowest BCUT2D eigenvalue weighted by atomic mass is 10.2. The topological polar surface area (TPSA) is 86.3 Å². The second kappa shape index (κ2) is 7.28. The number of benzene rings is 2. The summed E-state index contributed by atoms with van der Waals surface area (Å²) in [5.74, 6) is 2.22. The number of rotatable bonds is 6. The summed E-state index contributed by atoms with van der Waals surface area (Å²) in [5.41, 5.74) is 2.03. The number of hydrogen-bond acceptors (Lipinski definition) is 7. The first-order chi connectivity index (χ1) is 13.2. The summed E-state index contributed by atoms with van der Waals surface area (Å²) in [6.45, 7) is 1.62. The lowest BCUT2D eigenvalue weighted by Gasteiger charge is -2.15. The van der Waals surface area contributed by atoms with Crippen LogP contribution in [0.1, 0.15) is 5.56 Å². The number of aromatic nitrogens is 3. The molecule has 0 N–H and O–H groups in total. The average Bonchev–Trinajstić information content (AvgIpc) is 3.29. The predicted octanol–water partition coefficient (Wildman–Crippen LogP) is 3.64. The zero-order valence-electron chi connectivity index (χ0n) is 14.6. The summed E-state index contributed by atoms with van der Waals surface area (Å²) < 4.78 is 7.28. The van der Waals surface area contributed by atoms with E-state index in [1.54, 1.807) is 19.2 Å². The quantitative estimate of drug-likeness (QED) is 0.365. The van der Waals surface area contributed by atoms with Crippen molar-refractivity contribution in [2.75, 3.05) is 18.6 Å². The van der Waals surface area contributed by atoms with Crippen molar-refractivity contribution in [2.24, 2.45) is 0 Å². The molecule has 0 saturated carbocycles. The summed E-state index contributed by atoms with van der Waals surface area (Å²) in [5, 5.41) is 20.4. The molecule has 2 heterocycles. The van der Waals surface area contributed by atoms with E-state index in [-0.39, 0.29) is 10.6 Å². The van der Waals surface area contributed by atoms with Crippen LogP contribution in [-0.2, 0) is 12.3 Å². The van der Waals surface area contributed by atoms with E-state index in [4.69, 9.17) is 4.74 Å². The number of thioether (sulfide) groups is 1. The van der Waals surface area contributed by atoms with Crippen molar-refractivity contribution < 1.29 is 9.66 Å². The minimum atomic E-state index is -0.379. The van der Waals surface area contributed by atoms with Crippen LogP contribution in [-0.4, -0.2) is 33.3 Å². The van der Waals surface area contributed by atoms with E-state index in [2.05, 4.69) is 19.7 Å². The molecule has 27 heavy (non-hydrogen) atoms. The minimum Gasteiger partial charge on any atom is -0.497 e. The van der Waals surface area contributed by atoms with E-state index in [1.807, 2.05) is 30.3 Å². The molecule has 138 valence electrons. The fourth-order valence-electron chi connectivity index (χ4n) is 3.00. The van der Waals surface area contributed by atoms with Crippen molar-refractivity contribution in [2.45, 2.75) is 17.5 Å². The molecule has 0 aliphatic carbocycles. The molecule has 0 bridgehead atoms. The molecule has 1 aliphatic rings. The average molecular weight is 383 g/mol. The van der Waals surface area contributed by atoms with Gasteiger partial charge in [-0.15, -0.1) is 10.2 Å². The summed E-state index contributed by atoms with van der Waals surface area (Å²) in [7, 11) is 1.65. The van der Waals surface area contributed by atoms with Crippen LogP contribution in [0.4, 0.5) is 17.3 Å². The van der Waals surface area contributed by atoms with Gasteiger partial charge >= 0.3 is 0 Å². The molecular weight excluding hydrogens is 366 g/mol. The zero-order valence-corrected chi connectivity index (χ0v) is 15.4. The van der Waals surface area contributed by atoms with E-state index in [1.165, 1.54) is 17.8 Å². The number of ether oxygens (including phenoxy) is 1. The third kappa shape index (κ3) is 3.45. The van der Waals surface area contributed by atoms with Crippen LogP contribution in [0.3, 0.4) is 0 Å². The van der Waals surface area contributed by atoms with Gasteiger partial charge in [-0.3, -0.25) is 14.7 Å². The van der Waals surface area contributed by atoms with Crippen molar-refractivity contribution >= 4 is 29.1 Å². The number of anilines is 2. The Bertz CT molecular complexity index is 973. The van der Waals surface area contributed by atoms with E-state index in [0.29, 0.717) is 5.75 Å². The van der Waals surface area contributed by atoms with Gasteiger partial charge in [-0.2, -0.15) is 0 Å². The van der Waals surface area contributed by atoms with Crippen LogP contribution in [0, 0.1) is 10.1 Å². The molecule has 2 aromatic carbocycles. The Morgan fingerprint density at radius 3 is 2.74 bits per heavy atom. The first-order valence-electron chi connectivity index (χ1n) is 8.36. The maximum atomic E-state index is 10.9. The largest absolute Gasteiger partial charge is 0.497 e. The summed E-state index contributed by atoms with van der Waals surface area (Å²) in [4.78, 5) is 12.6. The van der Waals surface area contributed by atoms with E-state index in [9.17, 15) is 10.1 Å².